The smallest absolute Gasteiger partial charge is 0.227 e. The molecule has 0 atom stereocenters. The maximum Gasteiger partial charge on any atom is 0.227 e. The zero-order chi connectivity index (χ0) is 18.0. The first-order valence-corrected chi connectivity index (χ1v) is 8.64. The van der Waals surface area contributed by atoms with Gasteiger partial charge in [-0.1, -0.05) is 0 Å². The van der Waals surface area contributed by atoms with E-state index in [9.17, 15) is 4.79 Å². The fraction of sp³-hybridized carbons (Fsp3) is 0.222. The minimum atomic E-state index is -0.00744. The van der Waals surface area contributed by atoms with E-state index in [1.165, 1.54) is 6.92 Å². The molecule has 0 unspecified atom stereocenters. The number of hydrogen-bond donors (Lipinski definition) is 1. The summed E-state index contributed by atoms with van der Waals surface area (Å²) < 4.78 is 0. The molecule has 1 aromatic carbocycles. The molecule has 0 radical (unpaired) electrons. The summed E-state index contributed by atoms with van der Waals surface area (Å²) in [5, 5.41) is 4.21. The Morgan fingerprint density at radius 1 is 1.12 bits per heavy atom. The summed E-state index contributed by atoms with van der Waals surface area (Å²) in [6.45, 7) is 5.51. The van der Waals surface area contributed by atoms with Gasteiger partial charge in [-0.15, -0.1) is 11.3 Å². The van der Waals surface area contributed by atoms with Crippen molar-refractivity contribution in [2.75, 3.05) is 17.3 Å². The number of thiazole rings is 1. The van der Waals surface area contributed by atoms with Crippen LogP contribution in [0.3, 0.4) is 0 Å². The first-order valence-electron chi connectivity index (χ1n) is 7.83. The van der Waals surface area contributed by atoms with E-state index in [0.717, 1.165) is 32.6 Å². The molecule has 3 aromatic rings. The minimum absolute atomic E-state index is 0.00744. The van der Waals surface area contributed by atoms with Crippen molar-refractivity contribution < 1.29 is 4.79 Å². The first-order chi connectivity index (χ1) is 11.9. The van der Waals surface area contributed by atoms with E-state index in [0.29, 0.717) is 5.95 Å². The molecular formula is C18H19N5OS. The molecule has 128 valence electrons. The largest absolute Gasteiger partial charge is 0.324 e. The standard InChI is InChI=1S/C18H19N5OS/c1-11-17(25-12(2)20-11)16-9-10-19-18(22-16)21-14-5-7-15(8-6-14)23(4)13(3)24/h5-10H,1-4H3,(H,19,21,22). The lowest BCUT2D eigenvalue weighted by Crippen LogP contribution is -2.22. The SMILES string of the molecule is CC(=O)N(C)c1ccc(Nc2nccc(-c3sc(C)nc3C)n2)cc1. The van der Waals surface area contributed by atoms with Crippen molar-refractivity contribution in [2.45, 2.75) is 20.8 Å². The van der Waals surface area contributed by atoms with Crippen LogP contribution in [0.4, 0.5) is 17.3 Å². The van der Waals surface area contributed by atoms with Gasteiger partial charge in [0.05, 0.1) is 21.3 Å². The Morgan fingerprint density at radius 3 is 2.44 bits per heavy atom. The fourth-order valence-corrected chi connectivity index (χ4v) is 3.28. The second-order valence-electron chi connectivity index (χ2n) is 5.66. The molecule has 3 rings (SSSR count). The summed E-state index contributed by atoms with van der Waals surface area (Å²) in [6.07, 6.45) is 1.73. The van der Waals surface area contributed by atoms with Crippen molar-refractivity contribution in [1.82, 2.24) is 15.0 Å². The van der Waals surface area contributed by atoms with Crippen LogP contribution in [-0.4, -0.2) is 27.9 Å². The number of carbonyl (C=O) groups is 1. The average Bonchev–Trinajstić information content (AvgIpc) is 2.93. The van der Waals surface area contributed by atoms with Gasteiger partial charge in [0.2, 0.25) is 11.9 Å². The lowest BCUT2D eigenvalue weighted by molar-refractivity contribution is -0.116. The number of nitrogens with one attached hydrogen (secondary N) is 1. The second-order valence-corrected chi connectivity index (χ2v) is 6.87. The van der Waals surface area contributed by atoms with Crippen LogP contribution >= 0.6 is 11.3 Å². The third-order valence-electron chi connectivity index (χ3n) is 3.77. The van der Waals surface area contributed by atoms with Gasteiger partial charge < -0.3 is 10.2 Å². The molecule has 2 heterocycles. The highest BCUT2D eigenvalue weighted by atomic mass is 32.1. The van der Waals surface area contributed by atoms with E-state index in [1.54, 1.807) is 29.5 Å². The van der Waals surface area contributed by atoms with Crippen molar-refractivity contribution in [3.63, 3.8) is 0 Å². The van der Waals surface area contributed by atoms with E-state index in [-0.39, 0.29) is 5.91 Å². The molecule has 2 aromatic heterocycles. The van der Waals surface area contributed by atoms with E-state index in [4.69, 9.17) is 0 Å². The van der Waals surface area contributed by atoms with Crippen LogP contribution in [0.25, 0.3) is 10.6 Å². The van der Waals surface area contributed by atoms with Crippen LogP contribution in [0, 0.1) is 13.8 Å². The number of nitrogens with zero attached hydrogens (tertiary/aromatic N) is 4. The van der Waals surface area contributed by atoms with E-state index in [2.05, 4.69) is 20.3 Å². The molecule has 1 N–H and O–H groups in total. The van der Waals surface area contributed by atoms with Gasteiger partial charge in [-0.3, -0.25) is 4.79 Å². The monoisotopic (exact) mass is 353 g/mol. The zero-order valence-corrected chi connectivity index (χ0v) is 15.4. The Bertz CT molecular complexity index is 904. The third-order valence-corrected chi connectivity index (χ3v) is 4.87. The van der Waals surface area contributed by atoms with Gasteiger partial charge in [0.1, 0.15) is 0 Å². The van der Waals surface area contributed by atoms with Crippen molar-refractivity contribution in [1.29, 1.82) is 0 Å². The number of anilines is 3. The number of amides is 1. The number of benzene rings is 1. The highest BCUT2D eigenvalue weighted by Gasteiger charge is 2.10. The Morgan fingerprint density at radius 2 is 1.84 bits per heavy atom. The molecule has 0 fully saturated rings. The van der Waals surface area contributed by atoms with Crippen LogP contribution in [-0.2, 0) is 4.79 Å². The molecule has 0 saturated carbocycles. The highest BCUT2D eigenvalue weighted by Crippen LogP contribution is 2.29. The Hall–Kier alpha value is -2.80. The van der Waals surface area contributed by atoms with Crippen LogP contribution in [0.1, 0.15) is 17.6 Å². The summed E-state index contributed by atoms with van der Waals surface area (Å²) in [5.74, 6) is 0.516. The molecule has 6 nitrogen and oxygen atoms in total. The van der Waals surface area contributed by atoms with Crippen LogP contribution < -0.4 is 10.2 Å². The summed E-state index contributed by atoms with van der Waals surface area (Å²) in [6, 6.07) is 9.43. The zero-order valence-electron chi connectivity index (χ0n) is 14.6. The van der Waals surface area contributed by atoms with E-state index >= 15 is 0 Å². The Labute approximate surface area is 150 Å². The molecule has 0 aliphatic rings. The fourth-order valence-electron chi connectivity index (χ4n) is 2.39. The number of carbonyl (C=O) groups excluding carboxylic acids is 1. The molecule has 0 aliphatic carbocycles. The number of hydrogen-bond acceptors (Lipinski definition) is 6. The van der Waals surface area contributed by atoms with Crippen molar-refractivity contribution >= 4 is 34.6 Å². The molecule has 0 aliphatic heterocycles. The normalized spacial score (nSPS) is 10.6. The summed E-state index contributed by atoms with van der Waals surface area (Å²) in [4.78, 5) is 27.4. The predicted octanol–water partition coefficient (Wildman–Crippen LogP) is 3.94. The van der Waals surface area contributed by atoms with Gasteiger partial charge in [0.25, 0.3) is 0 Å². The first kappa shape index (κ1) is 17.0. The highest BCUT2D eigenvalue weighted by molar-refractivity contribution is 7.15. The van der Waals surface area contributed by atoms with Crippen LogP contribution in [0.15, 0.2) is 36.5 Å². The maximum atomic E-state index is 11.4. The van der Waals surface area contributed by atoms with Gasteiger partial charge in [0.15, 0.2) is 0 Å². The lowest BCUT2D eigenvalue weighted by Gasteiger charge is -2.15. The van der Waals surface area contributed by atoms with Crippen molar-refractivity contribution in [3.05, 3.63) is 47.2 Å². The maximum absolute atomic E-state index is 11.4. The molecule has 7 heteroatoms. The number of aromatic nitrogens is 3. The third kappa shape index (κ3) is 3.83. The van der Waals surface area contributed by atoms with Gasteiger partial charge >= 0.3 is 0 Å². The predicted molar refractivity (Wildman–Crippen MR) is 101 cm³/mol. The topological polar surface area (TPSA) is 71.0 Å². The Kier molecular flexibility index (Phi) is 4.76. The minimum Gasteiger partial charge on any atom is -0.324 e. The molecule has 0 spiro atoms. The van der Waals surface area contributed by atoms with Gasteiger partial charge in [-0.05, 0) is 44.2 Å². The molecular weight excluding hydrogens is 334 g/mol. The summed E-state index contributed by atoms with van der Waals surface area (Å²) in [7, 11) is 1.75. The van der Waals surface area contributed by atoms with Crippen LogP contribution in [0.2, 0.25) is 0 Å². The second kappa shape index (κ2) is 6.98. The quantitative estimate of drug-likeness (QED) is 0.769. The molecule has 0 bridgehead atoms. The van der Waals surface area contributed by atoms with Crippen LogP contribution in [0.5, 0.6) is 0 Å². The number of rotatable bonds is 4. The van der Waals surface area contributed by atoms with Gasteiger partial charge in [-0.2, -0.15) is 0 Å². The molecule has 25 heavy (non-hydrogen) atoms. The Balaban J connectivity index is 1.81. The number of aryl methyl sites for hydroxylation is 2. The van der Waals surface area contributed by atoms with Crippen molar-refractivity contribution in [2.24, 2.45) is 0 Å². The summed E-state index contributed by atoms with van der Waals surface area (Å²) in [5.41, 5.74) is 3.52. The van der Waals surface area contributed by atoms with Gasteiger partial charge in [0, 0.05) is 31.5 Å². The molecule has 0 saturated heterocycles. The van der Waals surface area contributed by atoms with E-state index < -0.39 is 0 Å². The van der Waals surface area contributed by atoms with Crippen molar-refractivity contribution in [3.8, 4) is 10.6 Å². The lowest BCUT2D eigenvalue weighted by atomic mass is 10.2. The van der Waals surface area contributed by atoms with Gasteiger partial charge in [-0.25, -0.2) is 15.0 Å². The molecule has 1 amide bonds. The van der Waals surface area contributed by atoms with E-state index in [1.807, 2.05) is 44.2 Å². The average molecular weight is 353 g/mol. The summed E-state index contributed by atoms with van der Waals surface area (Å²) >= 11 is 1.62.